The fraction of sp³-hybridized carbons (Fsp3) is 0.859. The Balaban J connectivity index is 4.33. The van der Waals surface area contributed by atoms with E-state index in [1.54, 1.807) is 0 Å². The SMILES string of the molecule is CCCCCCC/C=C\C/C=C\CCCCCCCCCCCC(=O)OCC(COC(=O)CCCCCCC/C=C\CCCCCCCC)OC(=O)CCCCCCCCCCCCCCCCCC. The summed E-state index contributed by atoms with van der Waals surface area (Å²) in [6.07, 6.45) is 71.4. The molecule has 0 heterocycles. The first-order valence-corrected chi connectivity index (χ1v) is 31.0. The number of hydrogen-bond acceptors (Lipinski definition) is 6. The highest BCUT2D eigenvalue weighted by molar-refractivity contribution is 5.71. The minimum absolute atomic E-state index is 0.0731. The molecule has 6 nitrogen and oxygen atoms in total. The molecule has 0 aromatic rings. The van der Waals surface area contributed by atoms with Crippen LogP contribution in [0.15, 0.2) is 36.5 Å². The van der Waals surface area contributed by atoms with Crippen LogP contribution in [0.5, 0.6) is 0 Å². The summed E-state index contributed by atoms with van der Waals surface area (Å²) in [4.78, 5) is 38.2. The second kappa shape index (κ2) is 59.2. The highest BCUT2D eigenvalue weighted by Gasteiger charge is 2.19. The van der Waals surface area contributed by atoms with E-state index in [9.17, 15) is 14.4 Å². The zero-order valence-corrected chi connectivity index (χ0v) is 47.1. The first-order valence-electron chi connectivity index (χ1n) is 31.0. The first-order chi connectivity index (χ1) is 34.5. The van der Waals surface area contributed by atoms with Crippen LogP contribution in [0.25, 0.3) is 0 Å². The van der Waals surface area contributed by atoms with Crippen LogP contribution in [-0.4, -0.2) is 37.2 Å². The van der Waals surface area contributed by atoms with Crippen LogP contribution >= 0.6 is 0 Å². The lowest BCUT2D eigenvalue weighted by atomic mass is 10.0. The molecule has 70 heavy (non-hydrogen) atoms. The molecule has 410 valence electrons. The van der Waals surface area contributed by atoms with E-state index in [1.807, 2.05) is 0 Å². The molecule has 0 radical (unpaired) electrons. The lowest BCUT2D eigenvalue weighted by molar-refractivity contribution is -0.167. The fourth-order valence-electron chi connectivity index (χ4n) is 9.18. The Morgan fingerprint density at radius 1 is 0.286 bits per heavy atom. The largest absolute Gasteiger partial charge is 0.462 e. The van der Waals surface area contributed by atoms with E-state index in [0.717, 1.165) is 70.6 Å². The summed E-state index contributed by atoms with van der Waals surface area (Å²) in [5.74, 6) is -0.864. The van der Waals surface area contributed by atoms with E-state index in [2.05, 4.69) is 57.2 Å². The molecule has 0 fully saturated rings. The van der Waals surface area contributed by atoms with Gasteiger partial charge in [-0.05, 0) is 77.0 Å². The van der Waals surface area contributed by atoms with Crippen LogP contribution in [0.1, 0.15) is 335 Å². The molecule has 0 aliphatic carbocycles. The third-order valence-electron chi connectivity index (χ3n) is 13.9. The molecule has 0 aromatic carbocycles. The molecule has 0 bridgehead atoms. The van der Waals surface area contributed by atoms with E-state index in [4.69, 9.17) is 14.2 Å². The first kappa shape index (κ1) is 67.6. The summed E-state index contributed by atoms with van der Waals surface area (Å²) in [5, 5.41) is 0. The molecular weight excluding hydrogens is 865 g/mol. The molecule has 0 N–H and O–H groups in total. The second-order valence-electron chi connectivity index (χ2n) is 21.0. The van der Waals surface area contributed by atoms with Gasteiger partial charge in [-0.25, -0.2) is 0 Å². The van der Waals surface area contributed by atoms with Crippen molar-refractivity contribution in [2.24, 2.45) is 0 Å². The average Bonchev–Trinajstić information content (AvgIpc) is 3.36. The normalized spacial score (nSPS) is 12.2. The van der Waals surface area contributed by atoms with Crippen molar-refractivity contribution in [3.63, 3.8) is 0 Å². The van der Waals surface area contributed by atoms with Crippen molar-refractivity contribution < 1.29 is 28.6 Å². The standard InChI is InChI=1S/C64H118O6/c1-4-7-10-13-16-19-22-25-28-30-31-32-33-34-37-39-42-45-48-51-54-57-63(66)69-60-61(59-68-62(65)56-53-50-47-44-41-38-35-27-24-21-18-15-12-9-6-3)70-64(67)58-55-52-49-46-43-40-36-29-26-23-20-17-14-11-8-5-2/h22,25,27,30-31,35,61H,4-21,23-24,26,28-29,32-34,36-60H2,1-3H3/b25-22-,31-30-,35-27-. The third-order valence-corrected chi connectivity index (χ3v) is 13.9. The Labute approximate surface area is 435 Å². The van der Waals surface area contributed by atoms with Crippen molar-refractivity contribution >= 4 is 17.9 Å². The fourth-order valence-corrected chi connectivity index (χ4v) is 9.18. The number of allylic oxidation sites excluding steroid dienone is 6. The highest BCUT2D eigenvalue weighted by Crippen LogP contribution is 2.17. The van der Waals surface area contributed by atoms with Crippen molar-refractivity contribution in [3.8, 4) is 0 Å². The number of ether oxygens (including phenoxy) is 3. The quantitative estimate of drug-likeness (QED) is 0.0261. The van der Waals surface area contributed by atoms with Gasteiger partial charge in [0.15, 0.2) is 6.10 Å². The summed E-state index contributed by atoms with van der Waals surface area (Å²) in [6, 6.07) is 0. The number of carbonyl (C=O) groups excluding carboxylic acids is 3. The van der Waals surface area contributed by atoms with Gasteiger partial charge in [-0.2, -0.15) is 0 Å². The molecule has 6 heteroatoms. The van der Waals surface area contributed by atoms with Crippen LogP contribution in [-0.2, 0) is 28.6 Å². The Morgan fingerprint density at radius 3 is 0.800 bits per heavy atom. The van der Waals surface area contributed by atoms with Gasteiger partial charge in [0.1, 0.15) is 13.2 Å². The number of unbranched alkanes of at least 4 members (excludes halogenated alkanes) is 40. The molecule has 1 atom stereocenters. The predicted molar refractivity (Wildman–Crippen MR) is 302 cm³/mol. The summed E-state index contributed by atoms with van der Waals surface area (Å²) >= 11 is 0. The maximum atomic E-state index is 12.9. The van der Waals surface area contributed by atoms with Crippen molar-refractivity contribution in [2.45, 2.75) is 341 Å². The van der Waals surface area contributed by atoms with E-state index in [1.165, 1.54) is 225 Å². The maximum absolute atomic E-state index is 12.9. The minimum atomic E-state index is -0.775. The highest BCUT2D eigenvalue weighted by atomic mass is 16.6. The van der Waals surface area contributed by atoms with Gasteiger partial charge in [-0.3, -0.25) is 14.4 Å². The van der Waals surface area contributed by atoms with Crippen molar-refractivity contribution in [1.82, 2.24) is 0 Å². The van der Waals surface area contributed by atoms with E-state index in [0.29, 0.717) is 19.3 Å². The lowest BCUT2D eigenvalue weighted by Gasteiger charge is -2.18. The summed E-state index contributed by atoms with van der Waals surface area (Å²) < 4.78 is 16.9. The monoisotopic (exact) mass is 983 g/mol. The summed E-state index contributed by atoms with van der Waals surface area (Å²) in [7, 11) is 0. The van der Waals surface area contributed by atoms with Gasteiger partial charge in [0.2, 0.25) is 0 Å². The molecule has 0 aliphatic heterocycles. The molecule has 0 saturated carbocycles. The third kappa shape index (κ3) is 56.5. The predicted octanol–water partition coefficient (Wildman–Crippen LogP) is 20.8. The van der Waals surface area contributed by atoms with Crippen molar-refractivity contribution in [2.75, 3.05) is 13.2 Å². The van der Waals surface area contributed by atoms with E-state index < -0.39 is 6.10 Å². The molecule has 0 rings (SSSR count). The Kier molecular flexibility index (Phi) is 57.2. The maximum Gasteiger partial charge on any atom is 0.306 e. The van der Waals surface area contributed by atoms with E-state index >= 15 is 0 Å². The Hall–Kier alpha value is -2.37. The number of carbonyl (C=O) groups is 3. The zero-order valence-electron chi connectivity index (χ0n) is 47.1. The topological polar surface area (TPSA) is 78.9 Å². The summed E-state index contributed by atoms with van der Waals surface area (Å²) in [6.45, 7) is 6.67. The molecular formula is C64H118O6. The zero-order chi connectivity index (χ0) is 50.7. The number of hydrogen-bond donors (Lipinski definition) is 0. The number of esters is 3. The van der Waals surface area contributed by atoms with E-state index in [-0.39, 0.29) is 31.1 Å². The molecule has 0 amide bonds. The average molecular weight is 984 g/mol. The second-order valence-corrected chi connectivity index (χ2v) is 21.0. The van der Waals surface area contributed by atoms with Crippen LogP contribution < -0.4 is 0 Å². The van der Waals surface area contributed by atoms with Crippen LogP contribution in [0.3, 0.4) is 0 Å². The van der Waals surface area contributed by atoms with Crippen LogP contribution in [0.4, 0.5) is 0 Å². The van der Waals surface area contributed by atoms with Gasteiger partial charge in [-0.1, -0.05) is 276 Å². The van der Waals surface area contributed by atoms with Crippen LogP contribution in [0, 0.1) is 0 Å². The van der Waals surface area contributed by atoms with Gasteiger partial charge in [-0.15, -0.1) is 0 Å². The molecule has 0 spiro atoms. The van der Waals surface area contributed by atoms with Crippen molar-refractivity contribution in [1.29, 1.82) is 0 Å². The molecule has 0 aromatic heterocycles. The van der Waals surface area contributed by atoms with Gasteiger partial charge in [0, 0.05) is 19.3 Å². The molecule has 0 aliphatic rings. The van der Waals surface area contributed by atoms with Crippen molar-refractivity contribution in [3.05, 3.63) is 36.5 Å². The molecule has 1 unspecified atom stereocenters. The summed E-state index contributed by atoms with van der Waals surface area (Å²) in [5.41, 5.74) is 0. The lowest BCUT2D eigenvalue weighted by Crippen LogP contribution is -2.30. The Bertz CT molecular complexity index is 1170. The van der Waals surface area contributed by atoms with Gasteiger partial charge in [0.25, 0.3) is 0 Å². The van der Waals surface area contributed by atoms with Gasteiger partial charge in [0.05, 0.1) is 0 Å². The smallest absolute Gasteiger partial charge is 0.306 e. The van der Waals surface area contributed by atoms with Crippen LogP contribution in [0.2, 0.25) is 0 Å². The van der Waals surface area contributed by atoms with Gasteiger partial charge < -0.3 is 14.2 Å². The molecule has 0 saturated heterocycles. The number of rotatable bonds is 57. The minimum Gasteiger partial charge on any atom is -0.462 e. The van der Waals surface area contributed by atoms with Gasteiger partial charge >= 0.3 is 17.9 Å². The Morgan fingerprint density at radius 2 is 0.514 bits per heavy atom.